The van der Waals surface area contributed by atoms with E-state index in [1.54, 1.807) is 19.1 Å². The molecule has 1 aromatic carbocycles. The van der Waals surface area contributed by atoms with Crippen molar-refractivity contribution in [2.24, 2.45) is 0 Å². The normalized spacial score (nSPS) is 10.3. The number of carbonyl (C=O) groups excluding carboxylic acids is 2. The average Bonchev–Trinajstić information content (AvgIpc) is 2.55. The molecule has 0 bridgehead atoms. The molecule has 2 rings (SSSR count). The first-order chi connectivity index (χ1) is 11.4. The number of aromatic nitrogens is 2. The Balaban J connectivity index is 2.79. The third-order valence-corrected chi connectivity index (χ3v) is 3.37. The fourth-order valence-corrected chi connectivity index (χ4v) is 2.18. The van der Waals surface area contributed by atoms with Crippen molar-refractivity contribution in [3.8, 4) is 11.4 Å². The second-order valence-corrected chi connectivity index (χ2v) is 5.19. The van der Waals surface area contributed by atoms with Crippen molar-refractivity contribution in [2.45, 2.75) is 13.8 Å². The number of carbonyl (C=O) groups is 2. The van der Waals surface area contributed by atoms with Crippen molar-refractivity contribution in [1.29, 1.82) is 0 Å². The smallest absolute Gasteiger partial charge is 0.343 e. The third-order valence-electron chi connectivity index (χ3n) is 3.14. The number of esters is 1. The van der Waals surface area contributed by atoms with Crippen molar-refractivity contribution in [3.63, 3.8) is 0 Å². The maximum Gasteiger partial charge on any atom is 0.343 e. The molecule has 24 heavy (non-hydrogen) atoms. The minimum Gasteiger partial charge on any atom is -0.494 e. The maximum atomic E-state index is 12.6. The van der Waals surface area contributed by atoms with E-state index in [1.807, 2.05) is 0 Å². The summed E-state index contributed by atoms with van der Waals surface area (Å²) in [6.07, 6.45) is 0. The van der Waals surface area contributed by atoms with Crippen LogP contribution in [-0.4, -0.2) is 35.2 Å². The third kappa shape index (κ3) is 3.46. The molecule has 1 heterocycles. The highest BCUT2D eigenvalue weighted by Crippen LogP contribution is 2.25. The Hall–Kier alpha value is -2.67. The van der Waals surface area contributed by atoms with Crippen LogP contribution in [0.25, 0.3) is 5.69 Å². The van der Waals surface area contributed by atoms with Crippen LogP contribution in [0, 0.1) is 0 Å². The van der Waals surface area contributed by atoms with Gasteiger partial charge in [0.1, 0.15) is 22.7 Å². The van der Waals surface area contributed by atoms with Gasteiger partial charge in [-0.25, -0.2) is 4.79 Å². The van der Waals surface area contributed by atoms with Gasteiger partial charge >= 0.3 is 5.97 Å². The fourth-order valence-electron chi connectivity index (χ4n) is 2.01. The summed E-state index contributed by atoms with van der Waals surface area (Å²) in [7, 11) is 1.42. The number of methoxy groups -OCH3 is 1. The van der Waals surface area contributed by atoms with Gasteiger partial charge in [-0.3, -0.25) is 9.59 Å². The number of rotatable bonds is 5. The standard InChI is InChI=1S/C16H15ClN2O5/c1-4-24-16(22)11-8-12(9(2)20)18-19(15(11)21)13-7-10(17)5-6-14(13)23-3/h5-8H,4H2,1-3H3. The average molecular weight is 351 g/mol. The SMILES string of the molecule is CCOC(=O)c1cc(C(C)=O)nn(-c2cc(Cl)ccc2OC)c1=O. The topological polar surface area (TPSA) is 87.5 Å². The summed E-state index contributed by atoms with van der Waals surface area (Å²) in [6, 6.07) is 5.70. The lowest BCUT2D eigenvalue weighted by molar-refractivity contribution is 0.0523. The van der Waals surface area contributed by atoms with Gasteiger partial charge in [0.2, 0.25) is 0 Å². The second kappa shape index (κ2) is 7.27. The molecule has 1 aromatic heterocycles. The van der Waals surface area contributed by atoms with Gasteiger partial charge in [0.15, 0.2) is 5.78 Å². The van der Waals surface area contributed by atoms with E-state index in [4.69, 9.17) is 21.1 Å². The van der Waals surface area contributed by atoms with Gasteiger partial charge in [-0.15, -0.1) is 0 Å². The molecule has 0 fully saturated rings. The molecule has 0 N–H and O–H groups in total. The monoisotopic (exact) mass is 350 g/mol. The number of halogens is 1. The minimum absolute atomic E-state index is 0.0559. The Labute approximate surface area is 142 Å². The molecule has 2 aromatic rings. The van der Waals surface area contributed by atoms with Crippen molar-refractivity contribution in [2.75, 3.05) is 13.7 Å². The fraction of sp³-hybridized carbons (Fsp3) is 0.250. The van der Waals surface area contributed by atoms with Crippen LogP contribution in [-0.2, 0) is 4.74 Å². The van der Waals surface area contributed by atoms with Crippen LogP contribution in [0.15, 0.2) is 29.1 Å². The van der Waals surface area contributed by atoms with Gasteiger partial charge in [0.05, 0.1) is 13.7 Å². The van der Waals surface area contributed by atoms with Gasteiger partial charge in [0, 0.05) is 11.9 Å². The number of ketones is 1. The second-order valence-electron chi connectivity index (χ2n) is 4.75. The minimum atomic E-state index is -0.831. The molecular formula is C16H15ClN2O5. The van der Waals surface area contributed by atoms with Gasteiger partial charge < -0.3 is 9.47 Å². The Bertz CT molecular complexity index is 860. The zero-order chi connectivity index (χ0) is 17.9. The lowest BCUT2D eigenvalue weighted by Crippen LogP contribution is -2.30. The summed E-state index contributed by atoms with van der Waals surface area (Å²) in [4.78, 5) is 36.3. The number of nitrogens with zero attached hydrogens (tertiary/aromatic N) is 2. The Morgan fingerprint density at radius 1 is 1.29 bits per heavy atom. The summed E-state index contributed by atoms with van der Waals surface area (Å²) in [6.45, 7) is 2.99. The number of hydrogen-bond acceptors (Lipinski definition) is 6. The van der Waals surface area contributed by atoms with E-state index in [2.05, 4.69) is 5.10 Å². The Morgan fingerprint density at radius 3 is 2.58 bits per heavy atom. The summed E-state index contributed by atoms with van der Waals surface area (Å²) in [5.41, 5.74) is -0.874. The van der Waals surface area contributed by atoms with E-state index >= 15 is 0 Å². The van der Waals surface area contributed by atoms with E-state index in [0.717, 1.165) is 10.7 Å². The lowest BCUT2D eigenvalue weighted by atomic mass is 10.2. The summed E-state index contributed by atoms with van der Waals surface area (Å²) in [5.74, 6) is -0.929. The Kier molecular flexibility index (Phi) is 5.35. The van der Waals surface area contributed by atoms with Gasteiger partial charge in [0.25, 0.3) is 5.56 Å². The predicted molar refractivity (Wildman–Crippen MR) is 87.4 cm³/mol. The number of benzene rings is 1. The van der Waals surface area contributed by atoms with E-state index in [1.165, 1.54) is 20.1 Å². The van der Waals surface area contributed by atoms with Crippen LogP contribution in [0.4, 0.5) is 0 Å². The van der Waals surface area contributed by atoms with E-state index in [9.17, 15) is 14.4 Å². The lowest BCUT2D eigenvalue weighted by Gasteiger charge is -2.12. The van der Waals surface area contributed by atoms with Crippen molar-refractivity contribution in [3.05, 3.63) is 50.9 Å². The molecule has 0 aliphatic heterocycles. The molecular weight excluding hydrogens is 336 g/mol. The maximum absolute atomic E-state index is 12.6. The number of hydrogen-bond donors (Lipinski definition) is 0. The molecule has 0 unspecified atom stereocenters. The molecule has 126 valence electrons. The van der Waals surface area contributed by atoms with Crippen LogP contribution in [0.2, 0.25) is 5.02 Å². The molecule has 0 amide bonds. The van der Waals surface area contributed by atoms with Crippen molar-refractivity contribution >= 4 is 23.4 Å². The van der Waals surface area contributed by atoms with E-state index < -0.39 is 17.3 Å². The van der Waals surface area contributed by atoms with Crippen LogP contribution in [0.1, 0.15) is 34.7 Å². The van der Waals surface area contributed by atoms with Gasteiger partial charge in [-0.1, -0.05) is 11.6 Å². The Morgan fingerprint density at radius 2 is 2.00 bits per heavy atom. The van der Waals surface area contributed by atoms with Crippen LogP contribution in [0.3, 0.4) is 0 Å². The molecule has 0 aliphatic rings. The van der Waals surface area contributed by atoms with Gasteiger partial charge in [-0.05, 0) is 31.2 Å². The first-order valence-corrected chi connectivity index (χ1v) is 7.43. The van der Waals surface area contributed by atoms with Crippen LogP contribution in [0.5, 0.6) is 5.75 Å². The predicted octanol–water partition coefficient (Wildman–Crippen LogP) is 2.27. The number of ether oxygens (including phenoxy) is 2. The van der Waals surface area contributed by atoms with Crippen molar-refractivity contribution < 1.29 is 19.1 Å². The first kappa shape index (κ1) is 17.7. The quantitative estimate of drug-likeness (QED) is 0.607. The molecule has 0 radical (unpaired) electrons. The number of Topliss-reactive ketones (excluding diaryl/α,β-unsaturated/α-hetero) is 1. The molecule has 0 atom stereocenters. The zero-order valence-electron chi connectivity index (χ0n) is 13.3. The molecule has 7 nitrogen and oxygen atoms in total. The van der Waals surface area contributed by atoms with E-state index in [-0.39, 0.29) is 23.6 Å². The highest BCUT2D eigenvalue weighted by molar-refractivity contribution is 6.30. The summed E-state index contributed by atoms with van der Waals surface area (Å²) < 4.78 is 11.0. The van der Waals surface area contributed by atoms with Gasteiger partial charge in [-0.2, -0.15) is 9.78 Å². The molecule has 0 spiro atoms. The molecule has 0 saturated carbocycles. The highest BCUT2D eigenvalue weighted by atomic mass is 35.5. The summed E-state index contributed by atoms with van der Waals surface area (Å²) >= 11 is 5.97. The largest absolute Gasteiger partial charge is 0.494 e. The van der Waals surface area contributed by atoms with E-state index in [0.29, 0.717) is 10.8 Å². The zero-order valence-corrected chi connectivity index (χ0v) is 14.1. The van der Waals surface area contributed by atoms with Crippen LogP contribution >= 0.6 is 11.6 Å². The summed E-state index contributed by atoms with van der Waals surface area (Å²) in [5, 5.41) is 4.34. The molecule has 0 aliphatic carbocycles. The van der Waals surface area contributed by atoms with Crippen molar-refractivity contribution in [1.82, 2.24) is 9.78 Å². The molecule has 8 heteroatoms. The van der Waals surface area contributed by atoms with Crippen LogP contribution < -0.4 is 10.3 Å². The highest BCUT2D eigenvalue weighted by Gasteiger charge is 2.20. The molecule has 0 saturated heterocycles. The first-order valence-electron chi connectivity index (χ1n) is 7.05.